The Balaban J connectivity index is 1.70. The smallest absolute Gasteiger partial charge is 0.228 e. The topological polar surface area (TPSA) is 61.4 Å². The zero-order chi connectivity index (χ0) is 19.6. The van der Waals surface area contributed by atoms with E-state index in [4.69, 9.17) is 0 Å². The Bertz CT molecular complexity index is 802. The van der Waals surface area contributed by atoms with Crippen molar-refractivity contribution in [1.82, 2.24) is 14.9 Å². The number of aryl methyl sites for hydroxylation is 2. The van der Waals surface area contributed by atoms with Crippen LogP contribution in [-0.4, -0.2) is 47.0 Å². The van der Waals surface area contributed by atoms with Crippen molar-refractivity contribution in [2.45, 2.75) is 34.6 Å². The maximum Gasteiger partial charge on any atom is 0.228 e. The van der Waals surface area contributed by atoms with Crippen LogP contribution in [0.3, 0.4) is 0 Å². The van der Waals surface area contributed by atoms with Gasteiger partial charge >= 0.3 is 0 Å². The lowest BCUT2D eigenvalue weighted by molar-refractivity contribution is -0.139. The number of carbonyl (C=O) groups excluding carboxylic acids is 1. The Labute approximate surface area is 161 Å². The quantitative estimate of drug-likeness (QED) is 0.899. The van der Waals surface area contributed by atoms with E-state index in [0.717, 1.165) is 49.3 Å². The van der Waals surface area contributed by atoms with Crippen molar-refractivity contribution < 1.29 is 4.79 Å². The monoisotopic (exact) mass is 367 g/mol. The zero-order valence-corrected chi connectivity index (χ0v) is 16.9. The predicted molar refractivity (Wildman–Crippen MR) is 109 cm³/mol. The van der Waals surface area contributed by atoms with Gasteiger partial charge in [-0.15, -0.1) is 0 Å². The summed E-state index contributed by atoms with van der Waals surface area (Å²) >= 11 is 0. The standard InChI is InChI=1S/C21H29N5O/c1-15-6-8-17(9-7-15)24-18-14-19(23-16(2)22-18)25-10-12-26(13-11-25)20(27)21(3,4)5/h6-9,14H,10-13H2,1-5H3,(H,22,23,24). The van der Waals surface area contributed by atoms with Gasteiger partial charge in [0.1, 0.15) is 17.5 Å². The molecule has 0 unspecified atom stereocenters. The highest BCUT2D eigenvalue weighted by Gasteiger charge is 2.30. The van der Waals surface area contributed by atoms with Crippen molar-refractivity contribution in [3.63, 3.8) is 0 Å². The number of hydrogen-bond donors (Lipinski definition) is 1. The summed E-state index contributed by atoms with van der Waals surface area (Å²) in [7, 11) is 0. The van der Waals surface area contributed by atoms with Crippen molar-refractivity contribution >= 4 is 23.2 Å². The van der Waals surface area contributed by atoms with E-state index >= 15 is 0 Å². The largest absolute Gasteiger partial charge is 0.353 e. The maximum absolute atomic E-state index is 12.5. The summed E-state index contributed by atoms with van der Waals surface area (Å²) in [4.78, 5) is 25.8. The molecule has 1 N–H and O–H groups in total. The van der Waals surface area contributed by atoms with Crippen LogP contribution >= 0.6 is 0 Å². The number of nitrogens with one attached hydrogen (secondary N) is 1. The molecule has 0 spiro atoms. The van der Waals surface area contributed by atoms with Crippen LogP contribution in [0.2, 0.25) is 0 Å². The van der Waals surface area contributed by atoms with Gasteiger partial charge in [-0.2, -0.15) is 0 Å². The summed E-state index contributed by atoms with van der Waals surface area (Å²) in [6.45, 7) is 12.9. The van der Waals surface area contributed by atoms with Gasteiger partial charge in [0.25, 0.3) is 0 Å². The summed E-state index contributed by atoms with van der Waals surface area (Å²) in [5.41, 5.74) is 1.90. The van der Waals surface area contributed by atoms with Crippen LogP contribution in [0.15, 0.2) is 30.3 Å². The average molecular weight is 367 g/mol. The summed E-state index contributed by atoms with van der Waals surface area (Å²) in [5.74, 6) is 2.63. The van der Waals surface area contributed by atoms with E-state index < -0.39 is 0 Å². The fourth-order valence-electron chi connectivity index (χ4n) is 3.18. The Morgan fingerprint density at radius 1 is 1.00 bits per heavy atom. The van der Waals surface area contributed by atoms with Crippen LogP contribution in [0.5, 0.6) is 0 Å². The van der Waals surface area contributed by atoms with Crippen LogP contribution in [0.1, 0.15) is 32.2 Å². The van der Waals surface area contributed by atoms with Crippen molar-refractivity contribution in [1.29, 1.82) is 0 Å². The van der Waals surface area contributed by atoms with Gasteiger partial charge in [-0.05, 0) is 26.0 Å². The highest BCUT2D eigenvalue weighted by Crippen LogP contribution is 2.23. The summed E-state index contributed by atoms with van der Waals surface area (Å²) in [6, 6.07) is 10.2. The van der Waals surface area contributed by atoms with E-state index in [-0.39, 0.29) is 11.3 Å². The SMILES string of the molecule is Cc1ccc(Nc2cc(N3CCN(C(=O)C(C)(C)C)CC3)nc(C)n2)cc1. The number of aromatic nitrogens is 2. The minimum Gasteiger partial charge on any atom is -0.353 e. The Morgan fingerprint density at radius 3 is 2.22 bits per heavy atom. The van der Waals surface area contributed by atoms with Gasteiger partial charge in [-0.3, -0.25) is 4.79 Å². The van der Waals surface area contributed by atoms with E-state index in [0.29, 0.717) is 0 Å². The Kier molecular flexibility index (Phi) is 5.35. The van der Waals surface area contributed by atoms with E-state index in [2.05, 4.69) is 39.2 Å². The molecule has 0 radical (unpaired) electrons. The molecule has 6 nitrogen and oxygen atoms in total. The van der Waals surface area contributed by atoms with Gasteiger partial charge in [0.05, 0.1) is 0 Å². The molecule has 144 valence electrons. The number of amides is 1. The zero-order valence-electron chi connectivity index (χ0n) is 16.9. The molecule has 1 aromatic heterocycles. The summed E-state index contributed by atoms with van der Waals surface area (Å²) in [6.07, 6.45) is 0. The van der Waals surface area contributed by atoms with E-state index in [1.807, 2.05) is 50.8 Å². The molecular formula is C21H29N5O. The molecule has 0 bridgehead atoms. The fourth-order valence-corrected chi connectivity index (χ4v) is 3.18. The van der Waals surface area contributed by atoms with Crippen molar-refractivity contribution in [3.05, 3.63) is 41.7 Å². The van der Waals surface area contributed by atoms with Crippen LogP contribution in [0, 0.1) is 19.3 Å². The maximum atomic E-state index is 12.5. The molecule has 1 fully saturated rings. The van der Waals surface area contributed by atoms with Crippen molar-refractivity contribution in [3.8, 4) is 0 Å². The number of benzene rings is 1. The molecule has 0 atom stereocenters. The molecule has 6 heteroatoms. The average Bonchev–Trinajstić information content (AvgIpc) is 2.62. The van der Waals surface area contributed by atoms with Crippen molar-refractivity contribution in [2.75, 3.05) is 36.4 Å². The first kappa shape index (κ1) is 19.1. The number of hydrogen-bond acceptors (Lipinski definition) is 5. The van der Waals surface area contributed by atoms with Crippen LogP contribution in [0.4, 0.5) is 17.3 Å². The second-order valence-corrected chi connectivity index (χ2v) is 8.18. The van der Waals surface area contributed by atoms with Gasteiger partial charge in [-0.1, -0.05) is 38.5 Å². The lowest BCUT2D eigenvalue weighted by Crippen LogP contribution is -2.51. The first-order valence-corrected chi connectivity index (χ1v) is 9.46. The lowest BCUT2D eigenvalue weighted by Gasteiger charge is -2.38. The van der Waals surface area contributed by atoms with Gasteiger partial charge in [0.15, 0.2) is 0 Å². The van der Waals surface area contributed by atoms with Crippen LogP contribution in [0.25, 0.3) is 0 Å². The number of nitrogens with zero attached hydrogens (tertiary/aromatic N) is 4. The van der Waals surface area contributed by atoms with Gasteiger partial charge in [-0.25, -0.2) is 9.97 Å². The van der Waals surface area contributed by atoms with E-state index in [1.54, 1.807) is 0 Å². The lowest BCUT2D eigenvalue weighted by atomic mass is 9.94. The molecule has 1 aliphatic rings. The van der Waals surface area contributed by atoms with Gasteiger partial charge in [0, 0.05) is 43.3 Å². The highest BCUT2D eigenvalue weighted by atomic mass is 16.2. The van der Waals surface area contributed by atoms with Gasteiger partial charge < -0.3 is 15.1 Å². The van der Waals surface area contributed by atoms with Crippen molar-refractivity contribution in [2.24, 2.45) is 5.41 Å². The molecule has 27 heavy (non-hydrogen) atoms. The molecule has 0 aliphatic carbocycles. The summed E-state index contributed by atoms with van der Waals surface area (Å²) < 4.78 is 0. The first-order valence-electron chi connectivity index (χ1n) is 9.46. The number of piperazine rings is 1. The second-order valence-electron chi connectivity index (χ2n) is 8.18. The van der Waals surface area contributed by atoms with E-state index in [9.17, 15) is 4.79 Å². The van der Waals surface area contributed by atoms with Crippen LogP contribution in [-0.2, 0) is 4.79 Å². The third-order valence-electron chi connectivity index (χ3n) is 4.68. The summed E-state index contributed by atoms with van der Waals surface area (Å²) in [5, 5.41) is 3.36. The van der Waals surface area contributed by atoms with Crippen LogP contribution < -0.4 is 10.2 Å². The third kappa shape index (κ3) is 4.76. The minimum absolute atomic E-state index is 0.211. The molecule has 1 saturated heterocycles. The first-order chi connectivity index (χ1) is 12.7. The Hall–Kier alpha value is -2.63. The molecule has 1 amide bonds. The molecule has 2 aromatic rings. The fraction of sp³-hybridized carbons (Fsp3) is 0.476. The Morgan fingerprint density at radius 2 is 1.63 bits per heavy atom. The molecule has 1 aliphatic heterocycles. The number of rotatable bonds is 3. The normalized spacial score (nSPS) is 15.0. The van der Waals surface area contributed by atoms with E-state index in [1.165, 1.54) is 5.56 Å². The molecule has 1 aromatic carbocycles. The van der Waals surface area contributed by atoms with Gasteiger partial charge in [0.2, 0.25) is 5.91 Å². The third-order valence-corrected chi connectivity index (χ3v) is 4.68. The number of carbonyl (C=O) groups is 1. The highest BCUT2D eigenvalue weighted by molar-refractivity contribution is 5.81. The predicted octanol–water partition coefficient (Wildman–Crippen LogP) is 3.53. The number of anilines is 3. The molecule has 0 saturated carbocycles. The second kappa shape index (κ2) is 7.55. The molecule has 2 heterocycles. The molecular weight excluding hydrogens is 338 g/mol. The molecule has 3 rings (SSSR count). The minimum atomic E-state index is -0.335.